The maximum absolute atomic E-state index is 2.44. The van der Waals surface area contributed by atoms with Gasteiger partial charge in [-0.3, -0.25) is 0 Å². The fourth-order valence-corrected chi connectivity index (χ4v) is 7.07. The van der Waals surface area contributed by atoms with Gasteiger partial charge in [-0.2, -0.15) is 0 Å². The minimum Gasteiger partial charge on any atom is -0.310 e. The summed E-state index contributed by atoms with van der Waals surface area (Å²) in [5, 5.41) is 0. The number of anilines is 3. The molecule has 0 heterocycles. The van der Waals surface area contributed by atoms with Gasteiger partial charge in [-0.1, -0.05) is 118 Å². The van der Waals surface area contributed by atoms with E-state index in [1.807, 2.05) is 0 Å². The standard InChI is InChI=1S/C39H37N/c1-39(2)37-19-10-9-18-35(37)36-25-24-34(27-38(36)39)40(32-22-20-30(21-23-32)28-12-5-3-6-13-28)33-17-11-16-31(26-33)29-14-7-4-8-15-29/h4,7-11,14-28H,3,5-6,12-13H2,1-2H3. The summed E-state index contributed by atoms with van der Waals surface area (Å²) in [6.07, 6.45) is 6.75. The van der Waals surface area contributed by atoms with Crippen LogP contribution in [0.15, 0.2) is 121 Å². The number of nitrogens with zero attached hydrogens (tertiary/aromatic N) is 1. The van der Waals surface area contributed by atoms with E-state index in [0.29, 0.717) is 5.92 Å². The second kappa shape index (κ2) is 10.1. The predicted octanol–water partition coefficient (Wildman–Crippen LogP) is 11.2. The first-order chi connectivity index (χ1) is 19.6. The van der Waals surface area contributed by atoms with Gasteiger partial charge in [0.25, 0.3) is 0 Å². The minimum absolute atomic E-state index is 0.0374. The Bertz CT molecular complexity index is 1640. The van der Waals surface area contributed by atoms with Crippen LogP contribution >= 0.6 is 0 Å². The van der Waals surface area contributed by atoms with Gasteiger partial charge in [0.15, 0.2) is 0 Å². The molecule has 5 aromatic carbocycles. The first kappa shape index (κ1) is 24.9. The van der Waals surface area contributed by atoms with Crippen molar-refractivity contribution >= 4 is 17.1 Å². The number of benzene rings is 5. The molecular formula is C39H37N. The van der Waals surface area contributed by atoms with E-state index < -0.39 is 0 Å². The fraction of sp³-hybridized carbons (Fsp3) is 0.231. The van der Waals surface area contributed by atoms with E-state index in [-0.39, 0.29) is 5.41 Å². The molecule has 40 heavy (non-hydrogen) atoms. The lowest BCUT2D eigenvalue weighted by atomic mass is 9.82. The molecule has 1 nitrogen and oxygen atoms in total. The summed E-state index contributed by atoms with van der Waals surface area (Å²) in [4.78, 5) is 2.44. The van der Waals surface area contributed by atoms with Crippen LogP contribution < -0.4 is 4.90 Å². The van der Waals surface area contributed by atoms with Crippen LogP contribution in [0.5, 0.6) is 0 Å². The van der Waals surface area contributed by atoms with E-state index in [4.69, 9.17) is 0 Å². The van der Waals surface area contributed by atoms with Crippen LogP contribution in [0.2, 0.25) is 0 Å². The zero-order valence-electron chi connectivity index (χ0n) is 23.6. The monoisotopic (exact) mass is 519 g/mol. The van der Waals surface area contributed by atoms with Crippen molar-refractivity contribution < 1.29 is 0 Å². The average Bonchev–Trinajstić information content (AvgIpc) is 3.25. The Labute approximate surface area is 239 Å². The summed E-state index contributed by atoms with van der Waals surface area (Å²) < 4.78 is 0. The molecule has 0 aromatic heterocycles. The maximum atomic E-state index is 2.44. The van der Waals surface area contributed by atoms with E-state index in [0.717, 1.165) is 0 Å². The molecule has 7 rings (SSSR count). The van der Waals surface area contributed by atoms with E-state index in [9.17, 15) is 0 Å². The van der Waals surface area contributed by atoms with E-state index in [1.165, 1.54) is 88.1 Å². The minimum atomic E-state index is -0.0374. The SMILES string of the molecule is CC1(C)c2ccccc2-c2ccc(N(c3ccc(C4CCCCC4)cc3)c3cccc(-c4ccccc4)c3)cc21. The lowest BCUT2D eigenvalue weighted by molar-refractivity contribution is 0.443. The van der Waals surface area contributed by atoms with Crippen molar-refractivity contribution in [1.29, 1.82) is 0 Å². The van der Waals surface area contributed by atoms with Gasteiger partial charge in [0.2, 0.25) is 0 Å². The number of fused-ring (bicyclic) bond motifs is 3. The van der Waals surface area contributed by atoms with Gasteiger partial charge in [0.05, 0.1) is 0 Å². The Balaban J connectivity index is 1.34. The van der Waals surface area contributed by atoms with Crippen molar-refractivity contribution in [3.8, 4) is 22.3 Å². The summed E-state index contributed by atoms with van der Waals surface area (Å²) in [7, 11) is 0. The number of hydrogen-bond donors (Lipinski definition) is 0. The quantitative estimate of drug-likeness (QED) is 0.223. The first-order valence-electron chi connectivity index (χ1n) is 14.9. The molecule has 0 spiro atoms. The molecule has 0 atom stereocenters. The van der Waals surface area contributed by atoms with E-state index in [1.54, 1.807) is 0 Å². The molecule has 198 valence electrons. The molecule has 0 amide bonds. The van der Waals surface area contributed by atoms with Crippen LogP contribution in [0.3, 0.4) is 0 Å². The van der Waals surface area contributed by atoms with Crippen LogP contribution in [-0.4, -0.2) is 0 Å². The molecule has 0 aliphatic heterocycles. The third-order valence-electron chi connectivity index (χ3n) is 9.26. The Morgan fingerprint density at radius 3 is 1.98 bits per heavy atom. The fourth-order valence-electron chi connectivity index (χ4n) is 7.07. The molecule has 2 aliphatic rings. The molecule has 2 aliphatic carbocycles. The zero-order valence-corrected chi connectivity index (χ0v) is 23.6. The summed E-state index contributed by atoms with van der Waals surface area (Å²) in [6.45, 7) is 4.72. The lowest BCUT2D eigenvalue weighted by Crippen LogP contribution is -2.16. The molecule has 5 aromatic rings. The maximum Gasteiger partial charge on any atom is 0.0467 e. The highest BCUT2D eigenvalue weighted by Crippen LogP contribution is 2.50. The Kier molecular flexibility index (Phi) is 6.31. The summed E-state index contributed by atoms with van der Waals surface area (Å²) >= 11 is 0. The van der Waals surface area contributed by atoms with Gasteiger partial charge in [-0.05, 0) is 94.1 Å². The highest BCUT2D eigenvalue weighted by Gasteiger charge is 2.35. The molecule has 1 heteroatoms. The Morgan fingerprint density at radius 1 is 0.525 bits per heavy atom. The van der Waals surface area contributed by atoms with Crippen LogP contribution in [0.4, 0.5) is 17.1 Å². The molecular weight excluding hydrogens is 482 g/mol. The number of hydrogen-bond acceptors (Lipinski definition) is 1. The lowest BCUT2D eigenvalue weighted by Gasteiger charge is -2.29. The van der Waals surface area contributed by atoms with E-state index >= 15 is 0 Å². The van der Waals surface area contributed by atoms with Gasteiger partial charge in [-0.15, -0.1) is 0 Å². The average molecular weight is 520 g/mol. The third kappa shape index (κ3) is 4.34. The van der Waals surface area contributed by atoms with Crippen molar-refractivity contribution in [1.82, 2.24) is 0 Å². The van der Waals surface area contributed by atoms with Gasteiger partial charge in [0.1, 0.15) is 0 Å². The third-order valence-corrected chi connectivity index (χ3v) is 9.26. The van der Waals surface area contributed by atoms with Crippen molar-refractivity contribution in [3.63, 3.8) is 0 Å². The van der Waals surface area contributed by atoms with Gasteiger partial charge in [-0.25, -0.2) is 0 Å². The van der Waals surface area contributed by atoms with E-state index in [2.05, 4.69) is 140 Å². The van der Waals surface area contributed by atoms with Crippen molar-refractivity contribution in [2.75, 3.05) is 4.90 Å². The van der Waals surface area contributed by atoms with Crippen LogP contribution in [0.25, 0.3) is 22.3 Å². The largest absolute Gasteiger partial charge is 0.310 e. The van der Waals surface area contributed by atoms with Crippen LogP contribution in [0, 0.1) is 0 Å². The van der Waals surface area contributed by atoms with Gasteiger partial charge < -0.3 is 4.90 Å². The predicted molar refractivity (Wildman–Crippen MR) is 170 cm³/mol. The highest BCUT2D eigenvalue weighted by atomic mass is 15.1. The summed E-state index contributed by atoms with van der Waals surface area (Å²) in [5.74, 6) is 0.706. The van der Waals surface area contributed by atoms with Gasteiger partial charge >= 0.3 is 0 Å². The van der Waals surface area contributed by atoms with Gasteiger partial charge in [0, 0.05) is 22.5 Å². The van der Waals surface area contributed by atoms with Crippen LogP contribution in [-0.2, 0) is 5.41 Å². The molecule has 0 N–H and O–H groups in total. The number of rotatable bonds is 5. The smallest absolute Gasteiger partial charge is 0.0467 e. The highest BCUT2D eigenvalue weighted by molar-refractivity contribution is 5.86. The topological polar surface area (TPSA) is 3.24 Å². The Hall–Kier alpha value is -4.10. The molecule has 0 radical (unpaired) electrons. The Morgan fingerprint density at radius 2 is 1.18 bits per heavy atom. The van der Waals surface area contributed by atoms with Crippen molar-refractivity contribution in [3.05, 3.63) is 138 Å². The van der Waals surface area contributed by atoms with Crippen LogP contribution in [0.1, 0.15) is 68.6 Å². The summed E-state index contributed by atoms with van der Waals surface area (Å²) in [6, 6.07) is 45.1. The molecule has 0 saturated heterocycles. The summed E-state index contributed by atoms with van der Waals surface area (Å²) in [5.41, 5.74) is 13.0. The van der Waals surface area contributed by atoms with Crippen molar-refractivity contribution in [2.24, 2.45) is 0 Å². The second-order valence-corrected chi connectivity index (χ2v) is 12.1. The van der Waals surface area contributed by atoms with Crippen molar-refractivity contribution in [2.45, 2.75) is 57.3 Å². The first-order valence-corrected chi connectivity index (χ1v) is 14.9. The zero-order chi connectivity index (χ0) is 27.1. The molecule has 0 unspecified atom stereocenters. The molecule has 0 bridgehead atoms. The second-order valence-electron chi connectivity index (χ2n) is 12.1. The molecule has 1 fully saturated rings. The molecule has 1 saturated carbocycles. The normalized spacial score (nSPS) is 15.8.